The maximum atomic E-state index is 6.21. The van der Waals surface area contributed by atoms with Crippen LogP contribution < -0.4 is 0 Å². The summed E-state index contributed by atoms with van der Waals surface area (Å²) in [7, 11) is 0. The molecular formula is C34H28N2O2. The van der Waals surface area contributed by atoms with Gasteiger partial charge in [0.15, 0.2) is 0 Å². The van der Waals surface area contributed by atoms with E-state index in [1.807, 2.05) is 146 Å². The first-order valence-corrected chi connectivity index (χ1v) is 12.6. The molecule has 0 saturated carbocycles. The summed E-state index contributed by atoms with van der Waals surface area (Å²) in [4.78, 5) is 9.59. The van der Waals surface area contributed by atoms with Gasteiger partial charge in [0, 0.05) is 11.1 Å². The summed E-state index contributed by atoms with van der Waals surface area (Å²) in [5.74, 6) is 1.11. The molecule has 0 bridgehead atoms. The first-order valence-electron chi connectivity index (χ1n) is 12.6. The Balaban J connectivity index is 1.42. The predicted octanol–water partition coefficient (Wildman–Crippen LogP) is 8.28. The third-order valence-corrected chi connectivity index (χ3v) is 5.79. The Bertz CT molecular complexity index is 1350. The molecule has 38 heavy (non-hydrogen) atoms. The SMILES string of the molecule is c1ccc(CO/C(=N\c2ccccc2)c2ccc(/C(=N/c3ccccc3)OCc3ccccc3)cc2)cc1. The third-order valence-electron chi connectivity index (χ3n) is 5.79. The van der Waals surface area contributed by atoms with Crippen molar-refractivity contribution >= 4 is 23.2 Å². The largest absolute Gasteiger partial charge is 0.472 e. The Morgan fingerprint density at radius 1 is 0.395 bits per heavy atom. The Kier molecular flexibility index (Phi) is 8.35. The molecule has 4 heteroatoms. The van der Waals surface area contributed by atoms with Crippen LogP contribution in [0.3, 0.4) is 0 Å². The van der Waals surface area contributed by atoms with Crippen LogP contribution in [0.2, 0.25) is 0 Å². The van der Waals surface area contributed by atoms with E-state index in [1.165, 1.54) is 0 Å². The lowest BCUT2D eigenvalue weighted by atomic mass is 10.1. The van der Waals surface area contributed by atoms with Crippen LogP contribution in [0.4, 0.5) is 11.4 Å². The van der Waals surface area contributed by atoms with Crippen LogP contribution in [0.1, 0.15) is 22.3 Å². The molecular weight excluding hydrogens is 468 g/mol. The van der Waals surface area contributed by atoms with E-state index in [9.17, 15) is 0 Å². The summed E-state index contributed by atoms with van der Waals surface area (Å²) in [5.41, 5.74) is 5.56. The lowest BCUT2D eigenvalue weighted by molar-refractivity contribution is 0.293. The second kappa shape index (κ2) is 12.8. The molecule has 0 aliphatic carbocycles. The molecule has 0 saturated heterocycles. The van der Waals surface area contributed by atoms with Gasteiger partial charge in [-0.15, -0.1) is 0 Å². The smallest absolute Gasteiger partial charge is 0.221 e. The van der Waals surface area contributed by atoms with Gasteiger partial charge in [-0.25, -0.2) is 9.98 Å². The maximum absolute atomic E-state index is 6.21. The summed E-state index contributed by atoms with van der Waals surface area (Å²) >= 11 is 0. The number of aliphatic imine (C=N–C) groups is 2. The van der Waals surface area contributed by atoms with Crippen molar-refractivity contribution in [2.45, 2.75) is 13.2 Å². The minimum Gasteiger partial charge on any atom is -0.472 e. The monoisotopic (exact) mass is 496 g/mol. The number of nitrogens with zero attached hydrogens (tertiary/aromatic N) is 2. The van der Waals surface area contributed by atoms with E-state index in [-0.39, 0.29) is 0 Å². The van der Waals surface area contributed by atoms with Crippen LogP contribution in [-0.2, 0) is 22.7 Å². The summed E-state index contributed by atoms with van der Waals surface area (Å²) in [6.07, 6.45) is 0. The van der Waals surface area contributed by atoms with E-state index in [1.54, 1.807) is 0 Å². The highest BCUT2D eigenvalue weighted by Gasteiger charge is 2.11. The molecule has 0 N–H and O–H groups in total. The fraction of sp³-hybridized carbons (Fsp3) is 0.0588. The molecule has 4 nitrogen and oxygen atoms in total. The van der Waals surface area contributed by atoms with Crippen molar-refractivity contribution in [3.05, 3.63) is 168 Å². The summed E-state index contributed by atoms with van der Waals surface area (Å²) in [5, 5.41) is 0. The molecule has 186 valence electrons. The van der Waals surface area contributed by atoms with Crippen molar-refractivity contribution in [2.24, 2.45) is 9.98 Å². The molecule has 0 aliphatic heterocycles. The molecule has 0 fully saturated rings. The maximum Gasteiger partial charge on any atom is 0.221 e. The van der Waals surface area contributed by atoms with Gasteiger partial charge in [0.1, 0.15) is 13.2 Å². The van der Waals surface area contributed by atoms with Gasteiger partial charge in [-0.2, -0.15) is 0 Å². The van der Waals surface area contributed by atoms with Gasteiger partial charge in [-0.3, -0.25) is 0 Å². The van der Waals surface area contributed by atoms with Crippen molar-refractivity contribution in [3.63, 3.8) is 0 Å². The van der Waals surface area contributed by atoms with Gasteiger partial charge < -0.3 is 9.47 Å². The molecule has 0 spiro atoms. The lowest BCUT2D eigenvalue weighted by Gasteiger charge is -2.13. The zero-order chi connectivity index (χ0) is 25.8. The van der Waals surface area contributed by atoms with Gasteiger partial charge >= 0.3 is 0 Å². The topological polar surface area (TPSA) is 43.2 Å². The predicted molar refractivity (Wildman–Crippen MR) is 154 cm³/mol. The number of rotatable bonds is 8. The second-order valence-electron chi connectivity index (χ2n) is 8.63. The van der Waals surface area contributed by atoms with Crippen LogP contribution in [0.25, 0.3) is 0 Å². The Labute approximate surface area is 223 Å². The van der Waals surface area contributed by atoms with Gasteiger partial charge in [0.25, 0.3) is 0 Å². The van der Waals surface area contributed by atoms with Crippen molar-refractivity contribution in [2.75, 3.05) is 0 Å². The van der Waals surface area contributed by atoms with Crippen LogP contribution >= 0.6 is 0 Å². The Morgan fingerprint density at radius 3 is 1.05 bits per heavy atom. The van der Waals surface area contributed by atoms with Gasteiger partial charge in [-0.05, 0) is 59.7 Å². The zero-order valence-electron chi connectivity index (χ0n) is 21.0. The fourth-order valence-electron chi connectivity index (χ4n) is 3.81. The molecule has 5 aromatic carbocycles. The van der Waals surface area contributed by atoms with Crippen molar-refractivity contribution in [3.8, 4) is 0 Å². The van der Waals surface area contributed by atoms with Crippen molar-refractivity contribution < 1.29 is 9.47 Å². The fourth-order valence-corrected chi connectivity index (χ4v) is 3.81. The highest BCUT2D eigenvalue weighted by atomic mass is 16.5. The molecule has 0 radical (unpaired) electrons. The average Bonchev–Trinajstić information content (AvgIpc) is 2.99. The summed E-state index contributed by atoms with van der Waals surface area (Å²) in [6.45, 7) is 0.852. The summed E-state index contributed by atoms with van der Waals surface area (Å²) in [6, 6.07) is 47.8. The molecule has 0 aromatic heterocycles. The first kappa shape index (κ1) is 24.7. The van der Waals surface area contributed by atoms with E-state index >= 15 is 0 Å². The van der Waals surface area contributed by atoms with Crippen LogP contribution in [-0.4, -0.2) is 11.8 Å². The molecule has 0 atom stereocenters. The molecule has 5 aromatic rings. The standard InChI is InChI=1S/C34H28N2O2/c1-5-13-27(14-6-1)25-37-33(35-31-17-9-3-10-18-31)29-21-23-30(24-22-29)34(36-32-19-11-4-12-20-32)38-26-28-15-7-2-8-16-28/h1-24H,25-26H2/b35-33-,36-34-. The summed E-state index contributed by atoms with van der Waals surface area (Å²) < 4.78 is 12.4. The molecule has 0 unspecified atom stereocenters. The quantitative estimate of drug-likeness (QED) is 0.160. The minimum atomic E-state index is 0.426. The molecule has 0 aliphatic rings. The van der Waals surface area contributed by atoms with E-state index in [4.69, 9.17) is 19.5 Å². The number of hydrogen-bond acceptors (Lipinski definition) is 4. The van der Waals surface area contributed by atoms with Gasteiger partial charge in [0.2, 0.25) is 11.8 Å². The zero-order valence-corrected chi connectivity index (χ0v) is 21.0. The Hall–Kier alpha value is -4.96. The van der Waals surface area contributed by atoms with Gasteiger partial charge in [0.05, 0.1) is 11.4 Å². The normalized spacial score (nSPS) is 11.7. The molecule has 0 amide bonds. The van der Waals surface area contributed by atoms with E-state index in [2.05, 4.69) is 0 Å². The van der Waals surface area contributed by atoms with E-state index < -0.39 is 0 Å². The molecule has 0 heterocycles. The van der Waals surface area contributed by atoms with Crippen LogP contribution in [0.5, 0.6) is 0 Å². The number of hydrogen-bond donors (Lipinski definition) is 0. The van der Waals surface area contributed by atoms with Crippen LogP contribution in [0, 0.1) is 0 Å². The highest BCUT2D eigenvalue weighted by Crippen LogP contribution is 2.19. The number of benzene rings is 5. The number of para-hydroxylation sites is 2. The van der Waals surface area contributed by atoms with Crippen LogP contribution in [0.15, 0.2) is 156 Å². The molecule has 5 rings (SSSR count). The third kappa shape index (κ3) is 7.05. The lowest BCUT2D eigenvalue weighted by Crippen LogP contribution is -2.10. The first-order chi connectivity index (χ1) is 18.8. The minimum absolute atomic E-state index is 0.426. The van der Waals surface area contributed by atoms with Gasteiger partial charge in [-0.1, -0.05) is 97.1 Å². The number of ether oxygens (including phenoxy) is 2. The highest BCUT2D eigenvalue weighted by molar-refractivity contribution is 5.99. The average molecular weight is 497 g/mol. The van der Waals surface area contributed by atoms with E-state index in [0.717, 1.165) is 33.6 Å². The van der Waals surface area contributed by atoms with E-state index in [0.29, 0.717) is 25.0 Å². The van der Waals surface area contributed by atoms with Crippen molar-refractivity contribution in [1.82, 2.24) is 0 Å². The Morgan fingerprint density at radius 2 is 0.711 bits per heavy atom. The van der Waals surface area contributed by atoms with Crippen molar-refractivity contribution in [1.29, 1.82) is 0 Å². The second-order valence-corrected chi connectivity index (χ2v) is 8.63.